The molecule has 1 heterocycles. The van der Waals surface area contributed by atoms with Gasteiger partial charge in [-0.1, -0.05) is 21.0 Å². The van der Waals surface area contributed by atoms with Crippen molar-refractivity contribution in [1.29, 1.82) is 0 Å². The maximum Gasteiger partial charge on any atom is 0.295 e. The summed E-state index contributed by atoms with van der Waals surface area (Å²) in [5.41, 5.74) is 5.42. The number of nitrogen functional groups attached to an aromatic ring is 1. The first-order valence-electron chi connectivity index (χ1n) is 4.84. The Morgan fingerprint density at radius 2 is 1.82 bits per heavy atom. The lowest BCUT2D eigenvalue weighted by Crippen LogP contribution is -2.08. The summed E-state index contributed by atoms with van der Waals surface area (Å²) >= 11 is 4.56. The van der Waals surface area contributed by atoms with E-state index in [9.17, 15) is 0 Å². The summed E-state index contributed by atoms with van der Waals surface area (Å²) in [4.78, 5) is 0. The van der Waals surface area contributed by atoms with Crippen LogP contribution in [0.4, 0.5) is 5.13 Å². The van der Waals surface area contributed by atoms with Gasteiger partial charge >= 0.3 is 0 Å². The van der Waals surface area contributed by atoms with Gasteiger partial charge in [0.2, 0.25) is 5.13 Å². The minimum atomic E-state index is 0.397. The molecule has 0 saturated heterocycles. The average molecular weight is 316 g/mol. The van der Waals surface area contributed by atoms with E-state index in [0.29, 0.717) is 23.5 Å². The van der Waals surface area contributed by atoms with Gasteiger partial charge in [-0.2, -0.15) is 0 Å². The van der Waals surface area contributed by atoms with Crippen LogP contribution in [0.5, 0.6) is 10.9 Å². The van der Waals surface area contributed by atoms with Crippen LogP contribution in [0, 0.1) is 0 Å². The van der Waals surface area contributed by atoms with Gasteiger partial charge in [-0.05, 0) is 35.6 Å². The molecule has 0 aliphatic heterocycles. The molecule has 1 aromatic carbocycles. The monoisotopic (exact) mass is 315 g/mol. The molecule has 0 aliphatic carbocycles. The van der Waals surface area contributed by atoms with Gasteiger partial charge in [0, 0.05) is 4.47 Å². The Balaban J connectivity index is 1.71. The zero-order valence-corrected chi connectivity index (χ0v) is 11.2. The van der Waals surface area contributed by atoms with Gasteiger partial charge < -0.3 is 15.2 Å². The third kappa shape index (κ3) is 3.86. The molecule has 0 fully saturated rings. The van der Waals surface area contributed by atoms with E-state index in [0.717, 1.165) is 10.2 Å². The lowest BCUT2D eigenvalue weighted by molar-refractivity contribution is 0.215. The van der Waals surface area contributed by atoms with Gasteiger partial charge in [0.1, 0.15) is 19.0 Å². The van der Waals surface area contributed by atoms with Crippen LogP contribution in [-0.2, 0) is 0 Å². The Morgan fingerprint density at radius 1 is 1.12 bits per heavy atom. The predicted octanol–water partition coefficient (Wildman–Crippen LogP) is 2.34. The first-order chi connectivity index (χ1) is 8.24. The third-order valence-corrected chi connectivity index (χ3v) is 3.01. The first-order valence-corrected chi connectivity index (χ1v) is 6.45. The summed E-state index contributed by atoms with van der Waals surface area (Å²) in [5.74, 6) is 0.800. The van der Waals surface area contributed by atoms with Gasteiger partial charge in [-0.3, -0.25) is 0 Å². The van der Waals surface area contributed by atoms with Gasteiger partial charge in [0.25, 0.3) is 5.19 Å². The molecule has 90 valence electrons. The summed E-state index contributed by atoms with van der Waals surface area (Å²) in [7, 11) is 0. The minimum absolute atomic E-state index is 0.397. The fourth-order valence-electron chi connectivity index (χ4n) is 1.10. The highest BCUT2D eigenvalue weighted by Gasteiger charge is 2.01. The second kappa shape index (κ2) is 5.83. The van der Waals surface area contributed by atoms with Gasteiger partial charge in [0.05, 0.1) is 0 Å². The Kier molecular flexibility index (Phi) is 4.16. The molecule has 2 rings (SSSR count). The standard InChI is InChI=1S/C10H10BrN3O2S/c11-7-1-3-8(4-2-7)15-5-6-16-10-14-13-9(12)17-10/h1-4H,5-6H2,(H2,12,13). The van der Waals surface area contributed by atoms with Crippen molar-refractivity contribution in [3.8, 4) is 10.9 Å². The number of rotatable bonds is 5. The van der Waals surface area contributed by atoms with Gasteiger partial charge in [-0.15, -0.1) is 5.10 Å². The van der Waals surface area contributed by atoms with Crippen molar-refractivity contribution < 1.29 is 9.47 Å². The average Bonchev–Trinajstić information content (AvgIpc) is 2.73. The number of halogens is 1. The number of benzene rings is 1. The van der Waals surface area contributed by atoms with Crippen molar-refractivity contribution in [3.05, 3.63) is 28.7 Å². The maximum atomic E-state index is 5.47. The van der Waals surface area contributed by atoms with E-state index >= 15 is 0 Å². The summed E-state index contributed by atoms with van der Waals surface area (Å²) < 4.78 is 11.8. The second-order valence-electron chi connectivity index (χ2n) is 3.06. The highest BCUT2D eigenvalue weighted by molar-refractivity contribution is 9.10. The van der Waals surface area contributed by atoms with Crippen molar-refractivity contribution in [1.82, 2.24) is 10.2 Å². The fraction of sp³-hybridized carbons (Fsp3) is 0.200. The SMILES string of the molecule is Nc1nnc(OCCOc2ccc(Br)cc2)s1. The molecular formula is C10H10BrN3O2S. The Labute approximate surface area is 111 Å². The number of nitrogens with zero attached hydrogens (tertiary/aromatic N) is 2. The Morgan fingerprint density at radius 3 is 2.47 bits per heavy atom. The van der Waals surface area contributed by atoms with Crippen LogP contribution in [0.25, 0.3) is 0 Å². The third-order valence-electron chi connectivity index (χ3n) is 1.81. The van der Waals surface area contributed by atoms with Crippen LogP contribution < -0.4 is 15.2 Å². The van der Waals surface area contributed by atoms with Crippen LogP contribution in [-0.4, -0.2) is 23.4 Å². The number of anilines is 1. The largest absolute Gasteiger partial charge is 0.490 e. The smallest absolute Gasteiger partial charge is 0.295 e. The zero-order valence-electron chi connectivity index (χ0n) is 8.80. The van der Waals surface area contributed by atoms with Gasteiger partial charge in [-0.25, -0.2) is 0 Å². The van der Waals surface area contributed by atoms with Crippen molar-refractivity contribution in [2.24, 2.45) is 0 Å². The first kappa shape index (κ1) is 12.1. The normalized spacial score (nSPS) is 10.2. The van der Waals surface area contributed by atoms with Crippen LogP contribution in [0.1, 0.15) is 0 Å². The lowest BCUT2D eigenvalue weighted by Gasteiger charge is -2.05. The molecule has 0 spiro atoms. The van der Waals surface area contributed by atoms with Crippen molar-refractivity contribution >= 4 is 32.4 Å². The molecule has 5 nitrogen and oxygen atoms in total. The lowest BCUT2D eigenvalue weighted by atomic mass is 10.3. The van der Waals surface area contributed by atoms with Crippen LogP contribution >= 0.6 is 27.3 Å². The van der Waals surface area contributed by atoms with E-state index in [1.165, 1.54) is 11.3 Å². The number of hydrogen-bond acceptors (Lipinski definition) is 6. The van der Waals surface area contributed by atoms with Crippen molar-refractivity contribution in [3.63, 3.8) is 0 Å². The van der Waals surface area contributed by atoms with Crippen LogP contribution in [0.2, 0.25) is 0 Å². The summed E-state index contributed by atoms with van der Waals surface area (Å²) in [6.07, 6.45) is 0. The number of ether oxygens (including phenoxy) is 2. The molecule has 2 N–H and O–H groups in total. The molecule has 0 bridgehead atoms. The van der Waals surface area contributed by atoms with E-state index in [2.05, 4.69) is 26.1 Å². The highest BCUT2D eigenvalue weighted by Crippen LogP contribution is 2.19. The molecule has 0 aliphatic rings. The van der Waals surface area contributed by atoms with E-state index in [-0.39, 0.29) is 0 Å². The second-order valence-corrected chi connectivity index (χ2v) is 4.94. The minimum Gasteiger partial charge on any atom is -0.490 e. The predicted molar refractivity (Wildman–Crippen MR) is 69.5 cm³/mol. The van der Waals surface area contributed by atoms with Gasteiger partial charge in [0.15, 0.2) is 0 Å². The van der Waals surface area contributed by atoms with E-state index in [1.807, 2.05) is 24.3 Å². The molecule has 1 aromatic heterocycles. The Hall–Kier alpha value is -1.34. The number of hydrogen-bond donors (Lipinski definition) is 1. The molecule has 2 aromatic rings. The van der Waals surface area contributed by atoms with E-state index < -0.39 is 0 Å². The molecule has 7 heteroatoms. The summed E-state index contributed by atoms with van der Waals surface area (Å²) in [6.45, 7) is 0.853. The zero-order chi connectivity index (χ0) is 12.1. The number of aromatic nitrogens is 2. The van der Waals surface area contributed by atoms with Crippen LogP contribution in [0.3, 0.4) is 0 Å². The molecule has 17 heavy (non-hydrogen) atoms. The van der Waals surface area contributed by atoms with E-state index in [4.69, 9.17) is 15.2 Å². The Bertz CT molecular complexity index is 475. The maximum absolute atomic E-state index is 5.47. The fourth-order valence-corrected chi connectivity index (χ4v) is 1.85. The van der Waals surface area contributed by atoms with E-state index in [1.54, 1.807) is 0 Å². The summed E-state index contributed by atoms with van der Waals surface area (Å²) in [6, 6.07) is 7.60. The molecule has 0 radical (unpaired) electrons. The molecule has 0 saturated carbocycles. The molecule has 0 atom stereocenters. The highest BCUT2D eigenvalue weighted by atomic mass is 79.9. The molecule has 0 unspecified atom stereocenters. The van der Waals surface area contributed by atoms with Crippen molar-refractivity contribution in [2.75, 3.05) is 18.9 Å². The van der Waals surface area contributed by atoms with Crippen molar-refractivity contribution in [2.45, 2.75) is 0 Å². The quantitative estimate of drug-likeness (QED) is 0.857. The summed E-state index contributed by atoms with van der Waals surface area (Å²) in [5, 5.41) is 8.23. The van der Waals surface area contributed by atoms with Crippen LogP contribution in [0.15, 0.2) is 28.7 Å². The molecule has 0 amide bonds. The topological polar surface area (TPSA) is 70.3 Å². The molecular weight excluding hydrogens is 306 g/mol. The number of nitrogens with two attached hydrogens (primary N) is 1.